The third-order valence-corrected chi connectivity index (χ3v) is 4.07. The Morgan fingerprint density at radius 1 is 0.720 bits per heavy atom. The summed E-state index contributed by atoms with van der Waals surface area (Å²) in [7, 11) is 0. The third kappa shape index (κ3) is 5.75. The molecule has 0 bridgehead atoms. The minimum atomic E-state index is 0.306. The van der Waals surface area contributed by atoms with Crippen molar-refractivity contribution in [1.29, 1.82) is 0 Å². The molecule has 0 aromatic heterocycles. The first-order valence-corrected chi connectivity index (χ1v) is 8.66. The molecule has 25 heavy (non-hydrogen) atoms. The number of aryl methyl sites for hydroxylation is 2. The smallest absolute Gasteiger partial charge is 0.127 e. The van der Waals surface area contributed by atoms with Gasteiger partial charge < -0.3 is 10.2 Å². The predicted octanol–water partition coefficient (Wildman–Crippen LogP) is 4.42. The first-order chi connectivity index (χ1) is 12.1. The summed E-state index contributed by atoms with van der Waals surface area (Å²) in [6.45, 7) is 5.25. The Bertz CT molecular complexity index is 688. The molecule has 132 valence electrons. The van der Waals surface area contributed by atoms with Gasteiger partial charge in [-0.2, -0.15) is 0 Å². The Morgan fingerprint density at radius 2 is 1.16 bits per heavy atom. The number of phenolic OH excluding ortho intramolecular Hbond substituents is 2. The first kappa shape index (κ1) is 18.7. The van der Waals surface area contributed by atoms with Crippen LogP contribution in [-0.4, -0.2) is 35.7 Å². The molecule has 0 atom stereocenters. The van der Waals surface area contributed by atoms with Crippen molar-refractivity contribution in [2.24, 2.45) is 9.98 Å². The standard InChI is InChI=1S/C21H26N2O2/c1-16-8-6-10-18(20(16)24)14-22-12-4-3-5-13-23-15-19-11-7-9-17(2)21(19)25/h6-11,14-15,24-25H,3-5,12-13H2,1-2H3. The number of hydrogen-bond donors (Lipinski definition) is 2. The van der Waals surface area contributed by atoms with Gasteiger partial charge >= 0.3 is 0 Å². The van der Waals surface area contributed by atoms with Crippen LogP contribution in [0.3, 0.4) is 0 Å². The lowest BCUT2D eigenvalue weighted by molar-refractivity contribution is 0.470. The van der Waals surface area contributed by atoms with E-state index in [-0.39, 0.29) is 0 Å². The van der Waals surface area contributed by atoms with Crippen molar-refractivity contribution in [2.75, 3.05) is 13.1 Å². The molecule has 0 amide bonds. The van der Waals surface area contributed by atoms with Crippen LogP contribution in [-0.2, 0) is 0 Å². The first-order valence-electron chi connectivity index (χ1n) is 8.66. The van der Waals surface area contributed by atoms with Gasteiger partial charge in [-0.1, -0.05) is 24.3 Å². The molecule has 2 aromatic carbocycles. The van der Waals surface area contributed by atoms with Crippen molar-refractivity contribution < 1.29 is 10.2 Å². The van der Waals surface area contributed by atoms with Gasteiger partial charge in [-0.05, 0) is 56.4 Å². The summed E-state index contributed by atoms with van der Waals surface area (Å²) in [4.78, 5) is 8.75. The van der Waals surface area contributed by atoms with Crippen molar-refractivity contribution in [2.45, 2.75) is 33.1 Å². The zero-order chi connectivity index (χ0) is 18.1. The lowest BCUT2D eigenvalue weighted by Gasteiger charge is -2.02. The molecule has 0 fully saturated rings. The maximum absolute atomic E-state index is 9.90. The van der Waals surface area contributed by atoms with E-state index >= 15 is 0 Å². The van der Waals surface area contributed by atoms with Crippen LogP contribution >= 0.6 is 0 Å². The second-order valence-electron chi connectivity index (χ2n) is 6.16. The van der Waals surface area contributed by atoms with Gasteiger partial charge in [-0.15, -0.1) is 0 Å². The number of benzene rings is 2. The largest absolute Gasteiger partial charge is 0.507 e. The van der Waals surface area contributed by atoms with Crippen LogP contribution in [0.15, 0.2) is 46.4 Å². The van der Waals surface area contributed by atoms with Gasteiger partial charge in [-0.25, -0.2) is 0 Å². The molecule has 2 aromatic rings. The number of para-hydroxylation sites is 2. The van der Waals surface area contributed by atoms with E-state index in [0.717, 1.165) is 54.6 Å². The molecule has 4 heteroatoms. The Labute approximate surface area is 149 Å². The lowest BCUT2D eigenvalue weighted by atomic mass is 10.1. The minimum absolute atomic E-state index is 0.306. The van der Waals surface area contributed by atoms with Gasteiger partial charge in [0.15, 0.2) is 0 Å². The molecule has 0 aliphatic carbocycles. The van der Waals surface area contributed by atoms with E-state index in [0.29, 0.717) is 11.5 Å². The van der Waals surface area contributed by atoms with Crippen molar-refractivity contribution in [3.8, 4) is 11.5 Å². The number of unbranched alkanes of at least 4 members (excludes halogenated alkanes) is 2. The average molecular weight is 338 g/mol. The van der Waals surface area contributed by atoms with Crippen molar-refractivity contribution in [3.05, 3.63) is 58.7 Å². The van der Waals surface area contributed by atoms with Gasteiger partial charge in [0.2, 0.25) is 0 Å². The second kappa shape index (κ2) is 9.62. The Balaban J connectivity index is 1.65. The number of aliphatic imine (C=N–C) groups is 2. The maximum atomic E-state index is 9.90. The van der Waals surface area contributed by atoms with Crippen molar-refractivity contribution in [3.63, 3.8) is 0 Å². The van der Waals surface area contributed by atoms with Crippen LogP contribution in [0.2, 0.25) is 0 Å². The zero-order valence-electron chi connectivity index (χ0n) is 14.9. The Kier molecular flexibility index (Phi) is 7.20. The van der Waals surface area contributed by atoms with Crippen molar-refractivity contribution in [1.82, 2.24) is 0 Å². The summed E-state index contributed by atoms with van der Waals surface area (Å²) in [5, 5.41) is 19.8. The average Bonchev–Trinajstić information content (AvgIpc) is 2.60. The molecule has 0 aliphatic rings. The maximum Gasteiger partial charge on any atom is 0.127 e. The van der Waals surface area contributed by atoms with Gasteiger partial charge in [0.25, 0.3) is 0 Å². The molecule has 0 radical (unpaired) electrons. The topological polar surface area (TPSA) is 65.2 Å². The SMILES string of the molecule is Cc1cccc(C=NCCCCCN=Cc2cccc(C)c2O)c1O. The van der Waals surface area contributed by atoms with Crippen LogP contribution in [0.5, 0.6) is 11.5 Å². The fourth-order valence-electron chi connectivity index (χ4n) is 2.48. The van der Waals surface area contributed by atoms with E-state index < -0.39 is 0 Å². The molecule has 0 heterocycles. The van der Waals surface area contributed by atoms with E-state index in [4.69, 9.17) is 0 Å². The Hall–Kier alpha value is -2.62. The molecular formula is C21H26N2O2. The molecule has 0 unspecified atom stereocenters. The molecule has 0 spiro atoms. The number of hydrogen-bond acceptors (Lipinski definition) is 4. The predicted molar refractivity (Wildman–Crippen MR) is 104 cm³/mol. The van der Waals surface area contributed by atoms with Crippen LogP contribution in [0.25, 0.3) is 0 Å². The summed E-state index contributed by atoms with van der Waals surface area (Å²) in [5.74, 6) is 0.611. The molecule has 0 aliphatic heterocycles. The fourth-order valence-corrected chi connectivity index (χ4v) is 2.48. The zero-order valence-corrected chi connectivity index (χ0v) is 14.9. The highest BCUT2D eigenvalue weighted by Crippen LogP contribution is 2.20. The quantitative estimate of drug-likeness (QED) is 0.552. The van der Waals surface area contributed by atoms with Crippen LogP contribution in [0, 0.1) is 13.8 Å². The van der Waals surface area contributed by atoms with E-state index in [1.165, 1.54) is 0 Å². The van der Waals surface area contributed by atoms with E-state index in [1.54, 1.807) is 12.4 Å². The van der Waals surface area contributed by atoms with Crippen LogP contribution in [0.1, 0.15) is 41.5 Å². The third-order valence-electron chi connectivity index (χ3n) is 4.07. The molecule has 2 N–H and O–H groups in total. The Morgan fingerprint density at radius 3 is 1.60 bits per heavy atom. The summed E-state index contributed by atoms with van der Waals surface area (Å²) >= 11 is 0. The van der Waals surface area contributed by atoms with Crippen LogP contribution < -0.4 is 0 Å². The number of aromatic hydroxyl groups is 2. The summed E-state index contributed by atoms with van der Waals surface area (Å²) in [5.41, 5.74) is 3.26. The number of nitrogens with zero attached hydrogens (tertiary/aromatic N) is 2. The van der Waals surface area contributed by atoms with Gasteiger partial charge in [0, 0.05) is 36.6 Å². The summed E-state index contributed by atoms with van der Waals surface area (Å²) < 4.78 is 0. The molecule has 0 saturated heterocycles. The molecule has 0 saturated carbocycles. The molecule has 4 nitrogen and oxygen atoms in total. The highest BCUT2D eigenvalue weighted by atomic mass is 16.3. The normalized spacial score (nSPS) is 11.6. The molecule has 2 rings (SSSR count). The van der Waals surface area contributed by atoms with E-state index in [1.807, 2.05) is 50.2 Å². The van der Waals surface area contributed by atoms with Gasteiger partial charge in [0.1, 0.15) is 11.5 Å². The second-order valence-corrected chi connectivity index (χ2v) is 6.16. The highest BCUT2D eigenvalue weighted by Gasteiger charge is 2.00. The summed E-state index contributed by atoms with van der Waals surface area (Å²) in [6.07, 6.45) is 6.51. The highest BCUT2D eigenvalue weighted by molar-refractivity contribution is 5.84. The minimum Gasteiger partial charge on any atom is -0.507 e. The monoisotopic (exact) mass is 338 g/mol. The number of rotatable bonds is 8. The van der Waals surface area contributed by atoms with Gasteiger partial charge in [0.05, 0.1) is 0 Å². The van der Waals surface area contributed by atoms with E-state index in [9.17, 15) is 10.2 Å². The fraction of sp³-hybridized carbons (Fsp3) is 0.333. The summed E-state index contributed by atoms with van der Waals surface area (Å²) in [6, 6.07) is 11.3. The molecular weight excluding hydrogens is 312 g/mol. The lowest BCUT2D eigenvalue weighted by Crippen LogP contribution is -1.90. The van der Waals surface area contributed by atoms with Crippen molar-refractivity contribution >= 4 is 12.4 Å². The van der Waals surface area contributed by atoms with Crippen LogP contribution in [0.4, 0.5) is 0 Å². The van der Waals surface area contributed by atoms with E-state index in [2.05, 4.69) is 9.98 Å². The number of phenols is 2. The van der Waals surface area contributed by atoms with Gasteiger partial charge in [-0.3, -0.25) is 9.98 Å².